The van der Waals surface area contributed by atoms with Crippen molar-refractivity contribution in [1.82, 2.24) is 0 Å². The van der Waals surface area contributed by atoms with Crippen LogP contribution in [0.15, 0.2) is 30.3 Å². The summed E-state index contributed by atoms with van der Waals surface area (Å²) in [6.07, 6.45) is -1.29. The number of carbonyl (C=O) groups is 1. The van der Waals surface area contributed by atoms with E-state index in [4.69, 9.17) is 14.6 Å². The highest BCUT2D eigenvalue weighted by Crippen LogP contribution is 2.07. The number of rotatable bonds is 7. The van der Waals surface area contributed by atoms with Crippen molar-refractivity contribution in [2.45, 2.75) is 0 Å². The molecular formula is C11H14O5. The molecule has 1 aromatic carbocycles. The molecule has 1 rings (SSSR count). The summed E-state index contributed by atoms with van der Waals surface area (Å²) < 4.78 is 14.7. The van der Waals surface area contributed by atoms with E-state index < -0.39 is 6.16 Å². The molecule has 0 saturated carbocycles. The minimum atomic E-state index is -1.29. The third-order valence-corrected chi connectivity index (χ3v) is 1.69. The van der Waals surface area contributed by atoms with E-state index in [-0.39, 0.29) is 13.2 Å². The van der Waals surface area contributed by atoms with E-state index in [2.05, 4.69) is 4.74 Å². The van der Waals surface area contributed by atoms with Crippen LogP contribution in [0.4, 0.5) is 4.79 Å². The molecule has 5 nitrogen and oxygen atoms in total. The standard InChI is InChI=1S/C11H14O5/c12-11(13)16-9-7-14-6-8-15-10-4-2-1-3-5-10/h1-5H,6-9H2,(H,12,13). The highest BCUT2D eigenvalue weighted by molar-refractivity contribution is 5.56. The summed E-state index contributed by atoms with van der Waals surface area (Å²) in [5.41, 5.74) is 0. The molecule has 0 aliphatic carbocycles. The fourth-order valence-electron chi connectivity index (χ4n) is 1.03. The molecule has 0 bridgehead atoms. The first-order valence-electron chi connectivity index (χ1n) is 4.90. The zero-order chi connectivity index (χ0) is 11.6. The predicted octanol–water partition coefficient (Wildman–Crippen LogP) is 1.78. The van der Waals surface area contributed by atoms with Crippen LogP contribution in [0.3, 0.4) is 0 Å². The molecule has 0 heterocycles. The number of para-hydroxylation sites is 1. The Morgan fingerprint density at radius 3 is 2.44 bits per heavy atom. The van der Waals surface area contributed by atoms with Gasteiger partial charge in [-0.3, -0.25) is 0 Å². The molecule has 0 aromatic heterocycles. The maximum atomic E-state index is 9.97. The molecule has 0 spiro atoms. The van der Waals surface area contributed by atoms with Gasteiger partial charge in [0.1, 0.15) is 19.0 Å². The molecular weight excluding hydrogens is 212 g/mol. The van der Waals surface area contributed by atoms with E-state index in [9.17, 15) is 4.79 Å². The zero-order valence-electron chi connectivity index (χ0n) is 8.80. The lowest BCUT2D eigenvalue weighted by Gasteiger charge is -2.06. The third kappa shape index (κ3) is 5.87. The summed E-state index contributed by atoms with van der Waals surface area (Å²) in [5.74, 6) is 0.785. The van der Waals surface area contributed by atoms with E-state index in [1.807, 2.05) is 30.3 Å². The molecule has 0 aliphatic rings. The average Bonchev–Trinajstić information content (AvgIpc) is 2.29. The van der Waals surface area contributed by atoms with Crippen molar-refractivity contribution in [3.8, 4) is 5.75 Å². The summed E-state index contributed by atoms with van der Waals surface area (Å²) in [6, 6.07) is 9.39. The molecule has 1 N–H and O–H groups in total. The first-order chi connectivity index (χ1) is 7.79. The minimum Gasteiger partial charge on any atom is -0.491 e. The van der Waals surface area contributed by atoms with E-state index in [0.717, 1.165) is 5.75 Å². The van der Waals surface area contributed by atoms with Gasteiger partial charge >= 0.3 is 6.16 Å². The van der Waals surface area contributed by atoms with Crippen LogP contribution >= 0.6 is 0 Å². The van der Waals surface area contributed by atoms with Gasteiger partial charge in [-0.25, -0.2) is 4.79 Å². The first kappa shape index (κ1) is 12.3. The van der Waals surface area contributed by atoms with Gasteiger partial charge < -0.3 is 19.3 Å². The van der Waals surface area contributed by atoms with Crippen LogP contribution in [0.1, 0.15) is 0 Å². The number of benzene rings is 1. The lowest BCUT2D eigenvalue weighted by atomic mass is 10.3. The van der Waals surface area contributed by atoms with Gasteiger partial charge in [0.2, 0.25) is 0 Å². The molecule has 0 amide bonds. The van der Waals surface area contributed by atoms with Crippen molar-refractivity contribution < 1.29 is 24.1 Å². The van der Waals surface area contributed by atoms with Gasteiger partial charge in [0, 0.05) is 0 Å². The monoisotopic (exact) mass is 226 g/mol. The van der Waals surface area contributed by atoms with E-state index in [1.54, 1.807) is 0 Å². The van der Waals surface area contributed by atoms with Crippen molar-refractivity contribution in [3.63, 3.8) is 0 Å². The largest absolute Gasteiger partial charge is 0.505 e. The molecule has 16 heavy (non-hydrogen) atoms. The topological polar surface area (TPSA) is 65.0 Å². The van der Waals surface area contributed by atoms with Crippen LogP contribution in [0, 0.1) is 0 Å². The third-order valence-electron chi connectivity index (χ3n) is 1.69. The highest BCUT2D eigenvalue weighted by atomic mass is 16.7. The SMILES string of the molecule is O=C(O)OCCOCCOc1ccccc1. The van der Waals surface area contributed by atoms with Crippen LogP contribution in [-0.2, 0) is 9.47 Å². The maximum absolute atomic E-state index is 9.97. The first-order valence-corrected chi connectivity index (χ1v) is 4.90. The van der Waals surface area contributed by atoms with Crippen LogP contribution in [0.2, 0.25) is 0 Å². The quantitative estimate of drug-likeness (QED) is 0.567. The van der Waals surface area contributed by atoms with Crippen LogP contribution in [0.5, 0.6) is 5.75 Å². The van der Waals surface area contributed by atoms with Crippen molar-refractivity contribution in [1.29, 1.82) is 0 Å². The van der Waals surface area contributed by atoms with Crippen molar-refractivity contribution in [2.75, 3.05) is 26.4 Å². The summed E-state index contributed by atoms with van der Waals surface area (Å²) in [7, 11) is 0. The van der Waals surface area contributed by atoms with E-state index >= 15 is 0 Å². The van der Waals surface area contributed by atoms with Gasteiger partial charge in [0.05, 0.1) is 13.2 Å². The Bertz CT molecular complexity index is 299. The zero-order valence-corrected chi connectivity index (χ0v) is 8.80. The maximum Gasteiger partial charge on any atom is 0.505 e. The predicted molar refractivity (Wildman–Crippen MR) is 56.7 cm³/mol. The molecule has 0 fully saturated rings. The second-order valence-corrected chi connectivity index (χ2v) is 2.89. The second kappa shape index (κ2) is 7.53. The molecule has 0 unspecified atom stereocenters. The molecule has 88 valence electrons. The molecule has 0 atom stereocenters. The summed E-state index contributed by atoms with van der Waals surface area (Å²) >= 11 is 0. The fourth-order valence-corrected chi connectivity index (χ4v) is 1.03. The van der Waals surface area contributed by atoms with Gasteiger partial charge in [-0.05, 0) is 12.1 Å². The summed E-state index contributed by atoms with van der Waals surface area (Å²) in [6.45, 7) is 1.11. The Balaban J connectivity index is 1.94. The van der Waals surface area contributed by atoms with Gasteiger partial charge in [-0.2, -0.15) is 0 Å². The van der Waals surface area contributed by atoms with Crippen LogP contribution < -0.4 is 4.74 Å². The number of hydrogen-bond acceptors (Lipinski definition) is 4. The fraction of sp³-hybridized carbons (Fsp3) is 0.364. The van der Waals surface area contributed by atoms with Gasteiger partial charge in [0.15, 0.2) is 0 Å². The van der Waals surface area contributed by atoms with E-state index in [0.29, 0.717) is 13.2 Å². The minimum absolute atomic E-state index is 0.0423. The molecule has 0 radical (unpaired) electrons. The van der Waals surface area contributed by atoms with Gasteiger partial charge in [0.25, 0.3) is 0 Å². The summed E-state index contributed by atoms with van der Waals surface area (Å²) in [5, 5.41) is 8.16. The lowest BCUT2D eigenvalue weighted by molar-refractivity contribution is 0.0390. The number of hydrogen-bond donors (Lipinski definition) is 1. The Labute approximate surface area is 93.6 Å². The number of ether oxygens (including phenoxy) is 3. The van der Waals surface area contributed by atoms with Gasteiger partial charge in [-0.1, -0.05) is 18.2 Å². The number of carboxylic acid groups (broad SMARTS) is 1. The smallest absolute Gasteiger partial charge is 0.491 e. The second-order valence-electron chi connectivity index (χ2n) is 2.89. The Kier molecular flexibility index (Phi) is 5.80. The Morgan fingerprint density at radius 1 is 1.06 bits per heavy atom. The van der Waals surface area contributed by atoms with Gasteiger partial charge in [-0.15, -0.1) is 0 Å². The molecule has 5 heteroatoms. The lowest BCUT2D eigenvalue weighted by Crippen LogP contribution is -2.12. The Hall–Kier alpha value is -1.75. The van der Waals surface area contributed by atoms with E-state index in [1.165, 1.54) is 0 Å². The van der Waals surface area contributed by atoms with Crippen LogP contribution in [0.25, 0.3) is 0 Å². The van der Waals surface area contributed by atoms with Crippen molar-refractivity contribution in [2.24, 2.45) is 0 Å². The molecule has 0 aliphatic heterocycles. The molecule has 1 aromatic rings. The average molecular weight is 226 g/mol. The highest BCUT2D eigenvalue weighted by Gasteiger charge is 1.96. The molecule has 0 saturated heterocycles. The normalized spacial score (nSPS) is 9.75. The van der Waals surface area contributed by atoms with Crippen molar-refractivity contribution in [3.05, 3.63) is 30.3 Å². The van der Waals surface area contributed by atoms with Crippen molar-refractivity contribution >= 4 is 6.16 Å². The van der Waals surface area contributed by atoms with Crippen LogP contribution in [-0.4, -0.2) is 37.7 Å². The Morgan fingerprint density at radius 2 is 1.75 bits per heavy atom. The summed E-state index contributed by atoms with van der Waals surface area (Å²) in [4.78, 5) is 9.97.